The molecule has 0 aromatic heterocycles. The summed E-state index contributed by atoms with van der Waals surface area (Å²) in [6.07, 6.45) is 9.63. The molecule has 2 saturated carbocycles. The van der Waals surface area contributed by atoms with E-state index in [0.29, 0.717) is 0 Å². The number of esters is 3. The van der Waals surface area contributed by atoms with Gasteiger partial charge in [-0.3, -0.25) is 0 Å². The molecule has 6 nitrogen and oxygen atoms in total. The molecule has 0 radical (unpaired) electrons. The Morgan fingerprint density at radius 3 is 1.86 bits per heavy atom. The van der Waals surface area contributed by atoms with Crippen LogP contribution in [-0.2, 0) is 28.6 Å². The van der Waals surface area contributed by atoms with Crippen molar-refractivity contribution in [3.8, 4) is 0 Å². The Kier molecular flexibility index (Phi) is 6.43. The molecular weight excluding hydrogens is 288 g/mol. The smallest absolute Gasteiger partial charge is 0.344 e. The normalized spacial score (nSPS) is 19.5. The summed E-state index contributed by atoms with van der Waals surface area (Å²) in [6, 6.07) is 0. The summed E-state index contributed by atoms with van der Waals surface area (Å²) in [5.41, 5.74) is 0. The highest BCUT2D eigenvalue weighted by Crippen LogP contribution is 2.21. The van der Waals surface area contributed by atoms with Gasteiger partial charge in [-0.15, -0.1) is 0 Å². The fraction of sp³-hybridized carbons (Fsp3) is 0.688. The molecule has 2 rings (SSSR count). The zero-order valence-electron chi connectivity index (χ0n) is 12.6. The van der Waals surface area contributed by atoms with Gasteiger partial charge in [-0.25, -0.2) is 14.4 Å². The largest absolute Gasteiger partial charge is 0.460 e. The highest BCUT2D eigenvalue weighted by molar-refractivity contribution is 5.92. The molecule has 0 N–H and O–H groups in total. The first-order chi connectivity index (χ1) is 10.6. The Balaban J connectivity index is 1.60. The van der Waals surface area contributed by atoms with Crippen LogP contribution < -0.4 is 0 Å². The first-order valence-corrected chi connectivity index (χ1v) is 7.88. The Morgan fingerprint density at radius 1 is 0.773 bits per heavy atom. The SMILES string of the molecule is O=C(/C=C/C(=O)OC1CCCC1)OCC(=O)OC1CCCC1. The molecule has 122 valence electrons. The lowest BCUT2D eigenvalue weighted by atomic mass is 10.3. The van der Waals surface area contributed by atoms with Crippen molar-refractivity contribution in [1.82, 2.24) is 0 Å². The number of hydrogen-bond donors (Lipinski definition) is 0. The van der Waals surface area contributed by atoms with E-state index in [4.69, 9.17) is 14.2 Å². The molecule has 2 fully saturated rings. The molecule has 0 heterocycles. The Labute approximate surface area is 129 Å². The Bertz CT molecular complexity index is 430. The summed E-state index contributed by atoms with van der Waals surface area (Å²) in [5.74, 6) is -1.87. The van der Waals surface area contributed by atoms with Crippen LogP contribution in [0.25, 0.3) is 0 Å². The van der Waals surface area contributed by atoms with Crippen molar-refractivity contribution in [2.75, 3.05) is 6.61 Å². The van der Waals surface area contributed by atoms with Crippen molar-refractivity contribution in [1.29, 1.82) is 0 Å². The summed E-state index contributed by atoms with van der Waals surface area (Å²) >= 11 is 0. The quantitative estimate of drug-likeness (QED) is 0.424. The van der Waals surface area contributed by atoms with Gasteiger partial charge in [0.15, 0.2) is 6.61 Å². The van der Waals surface area contributed by atoms with Gasteiger partial charge in [0.1, 0.15) is 12.2 Å². The molecule has 2 aliphatic rings. The molecule has 0 aliphatic heterocycles. The van der Waals surface area contributed by atoms with Gasteiger partial charge in [-0.2, -0.15) is 0 Å². The third kappa shape index (κ3) is 5.87. The number of ether oxygens (including phenoxy) is 3. The van der Waals surface area contributed by atoms with Gasteiger partial charge in [0.05, 0.1) is 0 Å². The van der Waals surface area contributed by atoms with E-state index in [1.807, 2.05) is 0 Å². The topological polar surface area (TPSA) is 78.9 Å². The van der Waals surface area contributed by atoms with Crippen LogP contribution in [0.2, 0.25) is 0 Å². The Hall–Kier alpha value is -1.85. The molecule has 0 unspecified atom stereocenters. The van der Waals surface area contributed by atoms with Crippen LogP contribution in [0.1, 0.15) is 51.4 Å². The first kappa shape index (κ1) is 16.5. The van der Waals surface area contributed by atoms with Crippen molar-refractivity contribution in [3.63, 3.8) is 0 Å². The lowest BCUT2D eigenvalue weighted by Gasteiger charge is -2.10. The summed E-state index contributed by atoms with van der Waals surface area (Å²) in [4.78, 5) is 34.3. The molecule has 0 aromatic carbocycles. The molecular formula is C16H22O6. The lowest BCUT2D eigenvalue weighted by Crippen LogP contribution is -2.20. The number of rotatable bonds is 6. The maximum absolute atomic E-state index is 11.5. The van der Waals surface area contributed by atoms with Crippen LogP contribution in [0, 0.1) is 0 Å². The second-order valence-electron chi connectivity index (χ2n) is 5.68. The number of hydrogen-bond acceptors (Lipinski definition) is 6. The summed E-state index contributed by atoms with van der Waals surface area (Å²) < 4.78 is 15.0. The van der Waals surface area contributed by atoms with Crippen molar-refractivity contribution in [2.24, 2.45) is 0 Å². The zero-order valence-corrected chi connectivity index (χ0v) is 12.6. The standard InChI is InChI=1S/C16H22O6/c17-14(9-10-15(18)21-12-5-1-2-6-12)20-11-16(19)22-13-7-3-4-8-13/h9-10,12-13H,1-8,11H2/b10-9+. The maximum Gasteiger partial charge on any atom is 0.344 e. The molecule has 0 spiro atoms. The molecule has 0 atom stereocenters. The van der Waals surface area contributed by atoms with Gasteiger partial charge >= 0.3 is 17.9 Å². The molecule has 6 heteroatoms. The first-order valence-electron chi connectivity index (χ1n) is 7.88. The van der Waals surface area contributed by atoms with Crippen LogP contribution in [-0.4, -0.2) is 36.7 Å². The van der Waals surface area contributed by atoms with Crippen molar-refractivity contribution in [3.05, 3.63) is 12.2 Å². The zero-order chi connectivity index (χ0) is 15.8. The molecule has 22 heavy (non-hydrogen) atoms. The predicted octanol–water partition coefficient (Wildman–Crippen LogP) is 2.06. The second kappa shape index (κ2) is 8.56. The summed E-state index contributed by atoms with van der Waals surface area (Å²) in [7, 11) is 0. The highest BCUT2D eigenvalue weighted by atomic mass is 16.6. The average molecular weight is 310 g/mol. The van der Waals surface area contributed by atoms with E-state index in [9.17, 15) is 14.4 Å². The summed E-state index contributed by atoms with van der Waals surface area (Å²) in [6.45, 7) is -0.433. The Morgan fingerprint density at radius 2 is 1.27 bits per heavy atom. The van der Waals surface area contributed by atoms with E-state index in [-0.39, 0.29) is 12.2 Å². The van der Waals surface area contributed by atoms with Crippen LogP contribution in [0.3, 0.4) is 0 Å². The van der Waals surface area contributed by atoms with Crippen LogP contribution in [0.15, 0.2) is 12.2 Å². The van der Waals surface area contributed by atoms with Gasteiger partial charge in [-0.05, 0) is 51.4 Å². The minimum absolute atomic E-state index is 0.0467. The third-order valence-electron chi connectivity index (χ3n) is 3.87. The maximum atomic E-state index is 11.5. The third-order valence-corrected chi connectivity index (χ3v) is 3.87. The minimum Gasteiger partial charge on any atom is -0.460 e. The van der Waals surface area contributed by atoms with Gasteiger partial charge < -0.3 is 14.2 Å². The van der Waals surface area contributed by atoms with Gasteiger partial charge in [0.2, 0.25) is 0 Å². The van der Waals surface area contributed by atoms with Gasteiger partial charge in [0, 0.05) is 12.2 Å². The van der Waals surface area contributed by atoms with E-state index in [0.717, 1.165) is 63.5 Å². The van der Waals surface area contributed by atoms with Gasteiger partial charge in [-0.1, -0.05) is 0 Å². The van der Waals surface area contributed by atoms with Crippen LogP contribution >= 0.6 is 0 Å². The number of carbonyl (C=O) groups is 3. The predicted molar refractivity (Wildman–Crippen MR) is 76.8 cm³/mol. The van der Waals surface area contributed by atoms with Crippen molar-refractivity contribution < 1.29 is 28.6 Å². The van der Waals surface area contributed by atoms with Crippen LogP contribution in [0.5, 0.6) is 0 Å². The van der Waals surface area contributed by atoms with E-state index in [1.54, 1.807) is 0 Å². The van der Waals surface area contributed by atoms with E-state index in [2.05, 4.69) is 0 Å². The molecule has 0 bridgehead atoms. The molecule has 0 aromatic rings. The van der Waals surface area contributed by atoms with E-state index in [1.165, 1.54) is 0 Å². The highest BCUT2D eigenvalue weighted by Gasteiger charge is 2.20. The lowest BCUT2D eigenvalue weighted by molar-refractivity contribution is -0.159. The molecule has 0 saturated heterocycles. The monoisotopic (exact) mass is 310 g/mol. The molecule has 0 amide bonds. The fourth-order valence-corrected chi connectivity index (χ4v) is 2.75. The fourth-order valence-electron chi connectivity index (χ4n) is 2.75. The minimum atomic E-state index is -0.758. The van der Waals surface area contributed by atoms with E-state index < -0.39 is 24.5 Å². The number of carbonyl (C=O) groups excluding carboxylic acids is 3. The van der Waals surface area contributed by atoms with Gasteiger partial charge in [0.25, 0.3) is 0 Å². The average Bonchev–Trinajstić information content (AvgIpc) is 3.16. The second-order valence-corrected chi connectivity index (χ2v) is 5.68. The molecule has 2 aliphatic carbocycles. The van der Waals surface area contributed by atoms with E-state index >= 15 is 0 Å². The van der Waals surface area contributed by atoms with Crippen LogP contribution in [0.4, 0.5) is 0 Å². The van der Waals surface area contributed by atoms with Crippen molar-refractivity contribution in [2.45, 2.75) is 63.6 Å². The summed E-state index contributed by atoms with van der Waals surface area (Å²) in [5, 5.41) is 0. The van der Waals surface area contributed by atoms with Crippen molar-refractivity contribution >= 4 is 17.9 Å².